The molecule has 1 unspecified atom stereocenters. The number of nitrogens with one attached hydrogen (secondary N) is 2. The van der Waals surface area contributed by atoms with Crippen molar-refractivity contribution in [1.82, 2.24) is 10.6 Å². The fourth-order valence-electron chi connectivity index (χ4n) is 1.82. The highest BCUT2D eigenvalue weighted by Gasteiger charge is 2.17. The first-order valence-electron chi connectivity index (χ1n) is 5.59. The van der Waals surface area contributed by atoms with Crippen LogP contribution in [0.5, 0.6) is 0 Å². The number of hydrogen-bond donors (Lipinski definition) is 2. The maximum Gasteiger partial charge on any atom is 0.220 e. The van der Waals surface area contributed by atoms with Gasteiger partial charge in [-0.25, -0.2) is 4.39 Å². The van der Waals surface area contributed by atoms with Gasteiger partial charge in [0.2, 0.25) is 5.91 Å². The van der Waals surface area contributed by atoms with E-state index in [1.807, 2.05) is 0 Å². The van der Waals surface area contributed by atoms with E-state index in [0.29, 0.717) is 19.5 Å². The molecular formula is C12H14ClFN2O. The third-order valence-electron chi connectivity index (χ3n) is 2.84. The van der Waals surface area contributed by atoms with E-state index >= 15 is 0 Å². The van der Waals surface area contributed by atoms with Gasteiger partial charge in [-0.2, -0.15) is 0 Å². The number of carbonyl (C=O) groups is 1. The summed E-state index contributed by atoms with van der Waals surface area (Å²) in [4.78, 5) is 11.0. The van der Waals surface area contributed by atoms with Gasteiger partial charge in [0.25, 0.3) is 0 Å². The van der Waals surface area contributed by atoms with Gasteiger partial charge in [-0.3, -0.25) is 4.79 Å². The summed E-state index contributed by atoms with van der Waals surface area (Å²) in [6.45, 7) is 1.21. The Balaban J connectivity index is 1.85. The highest BCUT2D eigenvalue weighted by molar-refractivity contribution is 6.30. The number of rotatable bonds is 3. The number of carbonyl (C=O) groups excluding carboxylic acids is 1. The first-order valence-corrected chi connectivity index (χ1v) is 5.97. The number of halogens is 2. The maximum absolute atomic E-state index is 13.2. The van der Waals surface area contributed by atoms with E-state index in [1.165, 1.54) is 6.07 Å². The highest BCUT2D eigenvalue weighted by atomic mass is 35.5. The second-order valence-corrected chi connectivity index (χ2v) is 4.58. The van der Waals surface area contributed by atoms with Crippen LogP contribution in [0.2, 0.25) is 5.02 Å². The summed E-state index contributed by atoms with van der Waals surface area (Å²) >= 11 is 5.60. The minimum atomic E-state index is -0.400. The van der Waals surface area contributed by atoms with Crippen molar-refractivity contribution in [1.29, 1.82) is 0 Å². The van der Waals surface area contributed by atoms with Crippen LogP contribution in [0.15, 0.2) is 18.2 Å². The molecule has 1 saturated heterocycles. The molecule has 1 aliphatic rings. The lowest BCUT2D eigenvalue weighted by atomic mass is 10.1. The van der Waals surface area contributed by atoms with Crippen molar-refractivity contribution in [2.75, 3.05) is 6.54 Å². The zero-order valence-electron chi connectivity index (χ0n) is 9.30. The normalized spacial score (nSPS) is 20.1. The minimum absolute atomic E-state index is 0.0978. The van der Waals surface area contributed by atoms with Crippen LogP contribution in [-0.2, 0) is 11.3 Å². The van der Waals surface area contributed by atoms with Crippen molar-refractivity contribution in [3.8, 4) is 0 Å². The predicted octanol–water partition coefficient (Wildman–Crippen LogP) is 1.85. The van der Waals surface area contributed by atoms with Crippen LogP contribution in [0.25, 0.3) is 0 Å². The second-order valence-electron chi connectivity index (χ2n) is 4.17. The van der Waals surface area contributed by atoms with Crippen LogP contribution in [0.4, 0.5) is 4.39 Å². The molecule has 5 heteroatoms. The fourth-order valence-corrected chi connectivity index (χ4v) is 1.94. The SMILES string of the molecule is O=C1CCC(NCc2ccc(Cl)c(F)c2)CN1. The summed E-state index contributed by atoms with van der Waals surface area (Å²) in [5.41, 5.74) is 0.851. The van der Waals surface area contributed by atoms with Crippen molar-refractivity contribution in [2.24, 2.45) is 0 Å². The summed E-state index contributed by atoms with van der Waals surface area (Å²) in [5.74, 6) is -0.302. The van der Waals surface area contributed by atoms with Crippen molar-refractivity contribution in [3.05, 3.63) is 34.6 Å². The number of amides is 1. The molecule has 17 heavy (non-hydrogen) atoms. The van der Waals surface area contributed by atoms with Crippen molar-refractivity contribution in [3.63, 3.8) is 0 Å². The van der Waals surface area contributed by atoms with E-state index in [2.05, 4.69) is 10.6 Å². The highest BCUT2D eigenvalue weighted by Crippen LogP contribution is 2.15. The Hall–Kier alpha value is -1.13. The lowest BCUT2D eigenvalue weighted by Crippen LogP contribution is -2.45. The Morgan fingerprint density at radius 1 is 1.53 bits per heavy atom. The van der Waals surface area contributed by atoms with Crippen LogP contribution >= 0.6 is 11.6 Å². The standard InChI is InChI=1S/C12H14ClFN2O/c13-10-3-1-8(5-11(10)14)6-15-9-2-4-12(17)16-7-9/h1,3,5,9,15H,2,4,6-7H2,(H,16,17). The first-order chi connectivity index (χ1) is 8.15. The molecule has 0 bridgehead atoms. The number of benzene rings is 1. The molecule has 0 spiro atoms. The van der Waals surface area contributed by atoms with Gasteiger partial charge in [0.15, 0.2) is 0 Å². The predicted molar refractivity (Wildman–Crippen MR) is 64.3 cm³/mol. The van der Waals surface area contributed by atoms with Crippen molar-refractivity contribution in [2.45, 2.75) is 25.4 Å². The average molecular weight is 257 g/mol. The molecule has 0 aliphatic carbocycles. The first kappa shape index (κ1) is 12.3. The number of hydrogen-bond acceptors (Lipinski definition) is 2. The molecule has 0 radical (unpaired) electrons. The Bertz CT molecular complexity index is 415. The van der Waals surface area contributed by atoms with Gasteiger partial charge in [0, 0.05) is 25.6 Å². The summed E-state index contributed by atoms with van der Waals surface area (Å²) in [6, 6.07) is 5.03. The van der Waals surface area contributed by atoms with Gasteiger partial charge >= 0.3 is 0 Å². The Kier molecular flexibility index (Phi) is 3.97. The quantitative estimate of drug-likeness (QED) is 0.867. The average Bonchev–Trinajstić information content (AvgIpc) is 2.33. The van der Waals surface area contributed by atoms with Crippen LogP contribution in [0.3, 0.4) is 0 Å². The molecule has 0 aromatic heterocycles. The van der Waals surface area contributed by atoms with Gasteiger partial charge in [-0.05, 0) is 24.1 Å². The minimum Gasteiger partial charge on any atom is -0.355 e. The lowest BCUT2D eigenvalue weighted by molar-refractivity contribution is -0.122. The van der Waals surface area contributed by atoms with E-state index in [4.69, 9.17) is 11.6 Å². The van der Waals surface area contributed by atoms with Crippen LogP contribution in [0, 0.1) is 5.82 Å². The summed E-state index contributed by atoms with van der Waals surface area (Å²) in [5, 5.41) is 6.21. The van der Waals surface area contributed by atoms with Crippen molar-refractivity contribution < 1.29 is 9.18 Å². The summed E-state index contributed by atoms with van der Waals surface area (Å²) in [6.07, 6.45) is 1.37. The molecule has 1 aromatic rings. The third kappa shape index (κ3) is 3.41. The third-order valence-corrected chi connectivity index (χ3v) is 3.15. The van der Waals surface area contributed by atoms with Gasteiger partial charge in [0.1, 0.15) is 5.82 Å². The smallest absolute Gasteiger partial charge is 0.220 e. The van der Waals surface area contributed by atoms with E-state index in [1.54, 1.807) is 12.1 Å². The molecule has 1 aliphatic heterocycles. The van der Waals surface area contributed by atoms with E-state index in [9.17, 15) is 9.18 Å². The van der Waals surface area contributed by atoms with Gasteiger partial charge in [-0.15, -0.1) is 0 Å². The zero-order chi connectivity index (χ0) is 12.3. The lowest BCUT2D eigenvalue weighted by Gasteiger charge is -2.23. The van der Waals surface area contributed by atoms with Crippen LogP contribution in [-0.4, -0.2) is 18.5 Å². The van der Waals surface area contributed by atoms with E-state index in [0.717, 1.165) is 12.0 Å². The molecular weight excluding hydrogens is 243 g/mol. The Morgan fingerprint density at radius 3 is 3.00 bits per heavy atom. The zero-order valence-corrected chi connectivity index (χ0v) is 10.1. The second kappa shape index (κ2) is 5.47. The molecule has 1 aromatic carbocycles. The molecule has 92 valence electrons. The molecule has 0 saturated carbocycles. The maximum atomic E-state index is 13.2. The van der Waals surface area contributed by atoms with Crippen molar-refractivity contribution >= 4 is 17.5 Å². The van der Waals surface area contributed by atoms with Gasteiger partial charge < -0.3 is 10.6 Å². The fraction of sp³-hybridized carbons (Fsp3) is 0.417. The van der Waals surface area contributed by atoms with E-state index < -0.39 is 5.82 Å². The summed E-state index contributed by atoms with van der Waals surface area (Å²) in [7, 11) is 0. The monoisotopic (exact) mass is 256 g/mol. The Morgan fingerprint density at radius 2 is 2.35 bits per heavy atom. The molecule has 1 heterocycles. The van der Waals surface area contributed by atoms with Crippen LogP contribution < -0.4 is 10.6 Å². The molecule has 1 fully saturated rings. The van der Waals surface area contributed by atoms with E-state index in [-0.39, 0.29) is 17.0 Å². The largest absolute Gasteiger partial charge is 0.355 e. The summed E-state index contributed by atoms with van der Waals surface area (Å²) < 4.78 is 13.2. The molecule has 2 rings (SSSR count). The molecule has 1 amide bonds. The molecule has 1 atom stereocenters. The Labute approximate surface area is 104 Å². The number of piperidine rings is 1. The van der Waals surface area contributed by atoms with Gasteiger partial charge in [-0.1, -0.05) is 17.7 Å². The molecule has 3 nitrogen and oxygen atoms in total. The van der Waals surface area contributed by atoms with Gasteiger partial charge in [0.05, 0.1) is 5.02 Å². The molecule has 2 N–H and O–H groups in total. The topological polar surface area (TPSA) is 41.1 Å². The van der Waals surface area contributed by atoms with Crippen LogP contribution in [0.1, 0.15) is 18.4 Å².